The second kappa shape index (κ2) is 6.70. The van der Waals surface area contributed by atoms with Crippen molar-refractivity contribution < 1.29 is 8.78 Å². The molecule has 0 bridgehead atoms. The summed E-state index contributed by atoms with van der Waals surface area (Å²) in [6.45, 7) is 7.87. The number of hydrogen-bond acceptors (Lipinski definition) is 1. The molecule has 0 aliphatic heterocycles. The molecular weight excluding hydrogens is 220 g/mol. The van der Waals surface area contributed by atoms with Gasteiger partial charge in [0.25, 0.3) is 0 Å². The lowest BCUT2D eigenvalue weighted by atomic mass is 9.88. The average Bonchev–Trinajstić information content (AvgIpc) is 2.27. The fourth-order valence-corrected chi connectivity index (χ4v) is 1.86. The molecule has 1 aromatic rings. The fraction of sp³-hybridized carbons (Fsp3) is 0.571. The van der Waals surface area contributed by atoms with Crippen molar-refractivity contribution in [3.05, 3.63) is 35.4 Å². The molecule has 0 radical (unpaired) electrons. The number of halogens is 2. The Morgan fingerprint density at radius 3 is 2.24 bits per heavy atom. The van der Waals surface area contributed by atoms with Gasteiger partial charge in [-0.1, -0.05) is 26.8 Å². The maximum Gasteiger partial charge on any atom is 0.129 e. The Bertz CT molecular complexity index is 330. The Balaban J connectivity index is 2.78. The summed E-state index contributed by atoms with van der Waals surface area (Å²) in [6, 6.07) is 4.05. The first-order valence-electron chi connectivity index (χ1n) is 6.19. The van der Waals surface area contributed by atoms with Crippen molar-refractivity contribution in [2.45, 2.75) is 27.2 Å². The van der Waals surface area contributed by atoms with E-state index in [0.717, 1.165) is 13.1 Å². The largest absolute Gasteiger partial charge is 0.317 e. The van der Waals surface area contributed by atoms with Crippen molar-refractivity contribution >= 4 is 0 Å². The second-order valence-corrected chi connectivity index (χ2v) is 4.72. The van der Waals surface area contributed by atoms with E-state index in [0.29, 0.717) is 12.3 Å². The van der Waals surface area contributed by atoms with Crippen LogP contribution in [0.3, 0.4) is 0 Å². The van der Waals surface area contributed by atoms with Crippen LogP contribution < -0.4 is 5.32 Å². The highest BCUT2D eigenvalue weighted by molar-refractivity contribution is 5.20. The first kappa shape index (κ1) is 14.1. The molecule has 0 aliphatic carbocycles. The van der Waals surface area contributed by atoms with Crippen molar-refractivity contribution in [1.82, 2.24) is 5.32 Å². The third kappa shape index (κ3) is 4.08. The summed E-state index contributed by atoms with van der Waals surface area (Å²) in [5.41, 5.74) is 0.212. The molecule has 17 heavy (non-hydrogen) atoms. The summed E-state index contributed by atoms with van der Waals surface area (Å²) in [7, 11) is 0. The van der Waals surface area contributed by atoms with Crippen LogP contribution in [0.5, 0.6) is 0 Å². The highest BCUT2D eigenvalue weighted by Crippen LogP contribution is 2.21. The summed E-state index contributed by atoms with van der Waals surface area (Å²) in [4.78, 5) is 0. The monoisotopic (exact) mass is 241 g/mol. The van der Waals surface area contributed by atoms with Gasteiger partial charge in [0.05, 0.1) is 0 Å². The molecular formula is C14H21F2N. The molecule has 1 N–H and O–H groups in total. The summed E-state index contributed by atoms with van der Waals surface area (Å²) < 4.78 is 27.1. The number of rotatable bonds is 6. The van der Waals surface area contributed by atoms with Crippen LogP contribution in [-0.4, -0.2) is 13.1 Å². The van der Waals surface area contributed by atoms with Crippen molar-refractivity contribution in [3.63, 3.8) is 0 Å². The van der Waals surface area contributed by atoms with Crippen molar-refractivity contribution in [1.29, 1.82) is 0 Å². The van der Waals surface area contributed by atoms with Crippen LogP contribution in [0.4, 0.5) is 8.78 Å². The van der Waals surface area contributed by atoms with E-state index in [9.17, 15) is 8.78 Å². The van der Waals surface area contributed by atoms with Crippen molar-refractivity contribution in [2.75, 3.05) is 13.1 Å². The van der Waals surface area contributed by atoms with Crippen LogP contribution in [0.25, 0.3) is 0 Å². The van der Waals surface area contributed by atoms with Gasteiger partial charge in [-0.2, -0.15) is 0 Å². The van der Waals surface area contributed by atoms with E-state index in [-0.39, 0.29) is 11.5 Å². The molecule has 1 unspecified atom stereocenters. The van der Waals surface area contributed by atoms with Gasteiger partial charge in [-0.3, -0.25) is 0 Å². The Hall–Kier alpha value is -0.960. The van der Waals surface area contributed by atoms with E-state index in [1.54, 1.807) is 0 Å². The Kier molecular flexibility index (Phi) is 5.56. The molecule has 1 atom stereocenters. The molecule has 0 spiro atoms. The molecule has 3 heteroatoms. The van der Waals surface area contributed by atoms with E-state index in [2.05, 4.69) is 19.2 Å². The van der Waals surface area contributed by atoms with E-state index < -0.39 is 11.6 Å². The standard InChI is InChI=1S/C14H21F2N/c1-4-17-9-11(10(2)3)8-12-13(15)6-5-7-14(12)16/h5-7,10-11,17H,4,8-9H2,1-3H3. The third-order valence-corrected chi connectivity index (χ3v) is 3.13. The lowest BCUT2D eigenvalue weighted by molar-refractivity contribution is 0.354. The maximum atomic E-state index is 13.5. The Morgan fingerprint density at radius 2 is 1.76 bits per heavy atom. The average molecular weight is 241 g/mol. The van der Waals surface area contributed by atoms with Gasteiger partial charge in [0.15, 0.2) is 0 Å². The fourth-order valence-electron chi connectivity index (χ4n) is 1.86. The lowest BCUT2D eigenvalue weighted by Gasteiger charge is -2.21. The van der Waals surface area contributed by atoms with Crippen LogP contribution in [0, 0.1) is 23.5 Å². The topological polar surface area (TPSA) is 12.0 Å². The van der Waals surface area contributed by atoms with Crippen molar-refractivity contribution in [2.24, 2.45) is 11.8 Å². The molecule has 1 aromatic carbocycles. The van der Waals surface area contributed by atoms with Gasteiger partial charge < -0.3 is 5.32 Å². The van der Waals surface area contributed by atoms with E-state index in [4.69, 9.17) is 0 Å². The van der Waals surface area contributed by atoms with Gasteiger partial charge >= 0.3 is 0 Å². The molecule has 0 saturated carbocycles. The lowest BCUT2D eigenvalue weighted by Crippen LogP contribution is -2.28. The number of nitrogens with one attached hydrogen (secondary N) is 1. The first-order valence-corrected chi connectivity index (χ1v) is 6.19. The highest BCUT2D eigenvalue weighted by Gasteiger charge is 2.18. The van der Waals surface area contributed by atoms with Gasteiger partial charge in [0.2, 0.25) is 0 Å². The van der Waals surface area contributed by atoms with Crippen LogP contribution in [0.1, 0.15) is 26.3 Å². The summed E-state index contributed by atoms with van der Waals surface area (Å²) in [5, 5.41) is 3.24. The van der Waals surface area contributed by atoms with E-state index in [1.165, 1.54) is 18.2 Å². The first-order chi connectivity index (χ1) is 8.06. The predicted molar refractivity (Wildman–Crippen MR) is 66.9 cm³/mol. The molecule has 0 amide bonds. The minimum atomic E-state index is -0.438. The third-order valence-electron chi connectivity index (χ3n) is 3.13. The van der Waals surface area contributed by atoms with Crippen LogP contribution in [0.2, 0.25) is 0 Å². The quantitative estimate of drug-likeness (QED) is 0.805. The van der Waals surface area contributed by atoms with Gasteiger partial charge in [-0.25, -0.2) is 8.78 Å². The molecule has 0 saturated heterocycles. The second-order valence-electron chi connectivity index (χ2n) is 4.72. The summed E-state index contributed by atoms with van der Waals surface area (Å²) >= 11 is 0. The predicted octanol–water partition coefficient (Wildman–Crippen LogP) is 3.39. The minimum Gasteiger partial charge on any atom is -0.317 e. The molecule has 1 rings (SSSR count). The molecule has 0 heterocycles. The zero-order valence-corrected chi connectivity index (χ0v) is 10.8. The molecule has 1 nitrogen and oxygen atoms in total. The number of hydrogen-bond donors (Lipinski definition) is 1. The molecule has 0 aromatic heterocycles. The zero-order chi connectivity index (χ0) is 12.8. The van der Waals surface area contributed by atoms with Gasteiger partial charge in [-0.05, 0) is 43.5 Å². The van der Waals surface area contributed by atoms with E-state index >= 15 is 0 Å². The van der Waals surface area contributed by atoms with E-state index in [1.807, 2.05) is 6.92 Å². The molecule has 96 valence electrons. The molecule has 0 aliphatic rings. The highest BCUT2D eigenvalue weighted by atomic mass is 19.1. The zero-order valence-electron chi connectivity index (χ0n) is 10.8. The smallest absolute Gasteiger partial charge is 0.129 e. The Labute approximate surface area is 102 Å². The normalized spacial score (nSPS) is 13.1. The van der Waals surface area contributed by atoms with Crippen LogP contribution in [-0.2, 0) is 6.42 Å². The van der Waals surface area contributed by atoms with Gasteiger partial charge in [0.1, 0.15) is 11.6 Å². The number of benzene rings is 1. The van der Waals surface area contributed by atoms with Crippen molar-refractivity contribution in [3.8, 4) is 0 Å². The van der Waals surface area contributed by atoms with Crippen LogP contribution >= 0.6 is 0 Å². The SMILES string of the molecule is CCNCC(Cc1c(F)cccc1F)C(C)C. The molecule has 0 fully saturated rings. The van der Waals surface area contributed by atoms with Gasteiger partial charge in [0, 0.05) is 5.56 Å². The maximum absolute atomic E-state index is 13.5. The van der Waals surface area contributed by atoms with Gasteiger partial charge in [-0.15, -0.1) is 0 Å². The Morgan fingerprint density at radius 1 is 1.18 bits per heavy atom. The summed E-state index contributed by atoms with van der Waals surface area (Å²) in [6.07, 6.45) is 0.448. The summed E-state index contributed by atoms with van der Waals surface area (Å²) in [5.74, 6) is -0.228. The van der Waals surface area contributed by atoms with Crippen LogP contribution in [0.15, 0.2) is 18.2 Å². The minimum absolute atomic E-state index is 0.212.